The molecule has 0 saturated carbocycles. The molecule has 0 bridgehead atoms. The summed E-state index contributed by atoms with van der Waals surface area (Å²) in [7, 11) is 0. The highest BCUT2D eigenvalue weighted by atomic mass is 35.5. The lowest BCUT2D eigenvalue weighted by Gasteiger charge is -2.19. The van der Waals surface area contributed by atoms with E-state index in [0.717, 1.165) is 0 Å². The van der Waals surface area contributed by atoms with E-state index in [0.29, 0.717) is 22.5 Å². The van der Waals surface area contributed by atoms with Crippen LogP contribution >= 0.6 is 11.6 Å². The highest BCUT2D eigenvalue weighted by Crippen LogP contribution is 2.24. The monoisotopic (exact) mass is 653 g/mol. The molecule has 0 saturated heterocycles. The fraction of sp³-hybridized carbons (Fsp3) is 0.0645. The molecule has 5 aromatic rings. The Balaban J connectivity index is 1.32. The molecule has 236 valence electrons. The van der Waals surface area contributed by atoms with E-state index >= 15 is 0 Å². The Morgan fingerprint density at radius 3 is 2.21 bits per heavy atom. The van der Waals surface area contributed by atoms with Crippen molar-refractivity contribution in [2.75, 3.05) is 16.0 Å². The van der Waals surface area contributed by atoms with Gasteiger partial charge in [0.25, 0.3) is 5.91 Å². The number of hydrogen-bond acceptors (Lipinski definition) is 9. The molecule has 4 amide bonds. The Bertz CT molecular complexity index is 1920. The number of carbonyl (C=O) groups is 5. The van der Waals surface area contributed by atoms with Gasteiger partial charge in [-0.05, 0) is 82.7 Å². The molecule has 47 heavy (non-hydrogen) atoms. The van der Waals surface area contributed by atoms with Gasteiger partial charge in [0, 0.05) is 35.2 Å². The largest absolute Gasteiger partial charge is 0.478 e. The number of tetrazole rings is 1. The summed E-state index contributed by atoms with van der Waals surface area (Å²) in [4.78, 5) is 67.1. The zero-order valence-electron chi connectivity index (χ0n) is 24.1. The van der Waals surface area contributed by atoms with E-state index in [1.807, 2.05) is 0 Å². The number of anilines is 3. The van der Waals surface area contributed by atoms with Crippen molar-refractivity contribution >= 4 is 58.3 Å². The van der Waals surface area contributed by atoms with E-state index in [1.165, 1.54) is 47.5 Å². The van der Waals surface area contributed by atoms with Crippen molar-refractivity contribution in [2.24, 2.45) is 0 Å². The number of nitrogens with zero attached hydrogens (tertiary/aromatic N) is 5. The Labute approximate surface area is 271 Å². The molecule has 0 radical (unpaired) electrons. The normalized spacial score (nSPS) is 11.2. The third-order valence-corrected chi connectivity index (χ3v) is 6.84. The van der Waals surface area contributed by atoms with E-state index < -0.39 is 29.7 Å². The Morgan fingerprint density at radius 2 is 1.55 bits per heavy atom. The Hall–Kier alpha value is -6.48. The molecule has 3 aromatic carbocycles. The van der Waals surface area contributed by atoms with Gasteiger partial charge in [0.2, 0.25) is 5.91 Å². The zero-order chi connectivity index (χ0) is 33.3. The number of pyridine rings is 1. The summed E-state index contributed by atoms with van der Waals surface area (Å²) in [5.74, 6) is -4.41. The molecule has 5 N–H and O–H groups in total. The number of carboxylic acid groups (broad SMARTS) is 1. The van der Waals surface area contributed by atoms with Crippen molar-refractivity contribution in [2.45, 2.75) is 12.5 Å². The number of aromatic nitrogens is 5. The first kappa shape index (κ1) is 31.9. The zero-order valence-corrected chi connectivity index (χ0v) is 24.9. The third-order valence-electron chi connectivity index (χ3n) is 6.61. The van der Waals surface area contributed by atoms with E-state index in [4.69, 9.17) is 16.7 Å². The summed E-state index contributed by atoms with van der Waals surface area (Å²) in [6.45, 7) is 0. The fourth-order valence-electron chi connectivity index (χ4n) is 4.28. The van der Waals surface area contributed by atoms with Crippen LogP contribution in [-0.4, -0.2) is 65.9 Å². The molecule has 5 rings (SSSR count). The molecule has 0 spiro atoms. The van der Waals surface area contributed by atoms with Gasteiger partial charge in [0.15, 0.2) is 0 Å². The van der Waals surface area contributed by atoms with E-state index in [-0.39, 0.29) is 34.3 Å². The number of amides is 4. The van der Waals surface area contributed by atoms with Crippen LogP contribution in [0, 0.1) is 0 Å². The van der Waals surface area contributed by atoms with Crippen LogP contribution in [-0.2, 0) is 20.8 Å². The van der Waals surface area contributed by atoms with Gasteiger partial charge in [-0.1, -0.05) is 23.7 Å². The summed E-state index contributed by atoms with van der Waals surface area (Å²) in [5.41, 5.74) is 2.18. The number of halogens is 1. The van der Waals surface area contributed by atoms with E-state index in [9.17, 15) is 24.0 Å². The molecule has 0 fully saturated rings. The molecule has 0 aliphatic carbocycles. The van der Waals surface area contributed by atoms with Gasteiger partial charge in [0.05, 0.1) is 22.5 Å². The summed E-state index contributed by atoms with van der Waals surface area (Å²) < 4.78 is 1.26. The number of rotatable bonds is 10. The first-order chi connectivity index (χ1) is 22.7. The number of carbonyl (C=O) groups excluding carboxylic acids is 4. The van der Waals surface area contributed by atoms with Gasteiger partial charge in [-0.2, -0.15) is 4.68 Å². The molecule has 0 aliphatic heterocycles. The smallest absolute Gasteiger partial charge is 0.335 e. The van der Waals surface area contributed by atoms with Crippen molar-refractivity contribution in [3.05, 3.63) is 119 Å². The van der Waals surface area contributed by atoms with Gasteiger partial charge in [0.1, 0.15) is 12.4 Å². The van der Waals surface area contributed by atoms with Crippen LogP contribution in [0.3, 0.4) is 0 Å². The average molecular weight is 654 g/mol. The van der Waals surface area contributed by atoms with E-state index in [2.05, 4.69) is 41.8 Å². The molecule has 1 atom stereocenters. The minimum absolute atomic E-state index is 0.0160. The van der Waals surface area contributed by atoms with Gasteiger partial charge in [-0.15, -0.1) is 5.10 Å². The average Bonchev–Trinajstić information content (AvgIpc) is 3.61. The van der Waals surface area contributed by atoms with Gasteiger partial charge >= 0.3 is 17.8 Å². The van der Waals surface area contributed by atoms with Crippen molar-refractivity contribution in [3.8, 4) is 5.69 Å². The quantitative estimate of drug-likeness (QED) is 0.139. The minimum Gasteiger partial charge on any atom is -0.478 e. The van der Waals surface area contributed by atoms with Crippen LogP contribution in [0.4, 0.5) is 17.1 Å². The van der Waals surface area contributed by atoms with Crippen molar-refractivity contribution in [3.63, 3.8) is 0 Å². The van der Waals surface area contributed by atoms with Crippen LogP contribution in [0.2, 0.25) is 5.02 Å². The number of aromatic carboxylic acids is 1. The highest BCUT2D eigenvalue weighted by Gasteiger charge is 2.26. The molecule has 16 heteroatoms. The maximum absolute atomic E-state index is 13.4. The van der Waals surface area contributed by atoms with Crippen LogP contribution in [0.1, 0.15) is 26.3 Å². The predicted molar refractivity (Wildman–Crippen MR) is 169 cm³/mol. The first-order valence-electron chi connectivity index (χ1n) is 13.8. The maximum Gasteiger partial charge on any atom is 0.335 e. The van der Waals surface area contributed by atoms with Crippen molar-refractivity contribution in [1.29, 1.82) is 0 Å². The summed E-state index contributed by atoms with van der Waals surface area (Å²) in [6.07, 6.45) is 4.22. The third kappa shape index (κ3) is 8.37. The lowest BCUT2D eigenvalue weighted by atomic mass is 10.0. The number of carboxylic acids is 1. The number of nitrogens with one attached hydrogen (secondary N) is 4. The van der Waals surface area contributed by atoms with Crippen molar-refractivity contribution < 1.29 is 29.1 Å². The van der Waals surface area contributed by atoms with Crippen LogP contribution in [0.15, 0.2) is 97.6 Å². The highest BCUT2D eigenvalue weighted by molar-refractivity contribution is 6.40. The van der Waals surface area contributed by atoms with E-state index in [1.54, 1.807) is 54.7 Å². The molecule has 0 aliphatic rings. The van der Waals surface area contributed by atoms with Gasteiger partial charge in [-0.3, -0.25) is 24.2 Å². The molecule has 2 heterocycles. The fourth-order valence-corrected chi connectivity index (χ4v) is 4.45. The predicted octanol–water partition coefficient (Wildman–Crippen LogP) is 2.97. The van der Waals surface area contributed by atoms with Crippen molar-refractivity contribution in [1.82, 2.24) is 30.5 Å². The number of benzene rings is 3. The maximum atomic E-state index is 13.4. The first-order valence-corrected chi connectivity index (χ1v) is 14.1. The van der Waals surface area contributed by atoms with Crippen LogP contribution in [0.25, 0.3) is 5.69 Å². The summed E-state index contributed by atoms with van der Waals surface area (Å²) >= 11 is 6.11. The van der Waals surface area contributed by atoms with Gasteiger partial charge < -0.3 is 26.4 Å². The molecular formula is C31H24ClN9O6. The SMILES string of the molecule is O=C(Nc1cc(Cl)ccc1-n1cnnn1)C(=O)N[C@@H](Cc1ccc(NC(=O)c2cccnc2)cc1)C(=O)Nc1ccc(C(=O)O)cc1. The standard InChI is InChI=1S/C31H24ClN9O6/c32-21-7-12-26(41-17-34-39-40-41)24(15-21)37-29(44)30(45)38-25(28(43)36-23-10-5-19(6-11-23)31(46)47)14-18-3-8-22(9-4-18)35-27(42)20-2-1-13-33-16-20/h1-13,15-17,25H,14H2,(H,35,42)(H,36,43)(H,37,44)(H,38,45)(H,46,47)/t25-/m0/s1. The molecule has 2 aromatic heterocycles. The molecular weight excluding hydrogens is 630 g/mol. The lowest BCUT2D eigenvalue weighted by Crippen LogP contribution is -2.49. The number of hydrogen-bond donors (Lipinski definition) is 5. The second kappa shape index (κ2) is 14.5. The topological polar surface area (TPSA) is 210 Å². The summed E-state index contributed by atoms with van der Waals surface area (Å²) in [6, 6.07) is 18.4. The molecule has 0 unspecified atom stereocenters. The van der Waals surface area contributed by atoms with Crippen LogP contribution in [0.5, 0.6) is 0 Å². The second-order valence-corrected chi connectivity index (χ2v) is 10.3. The molecule has 15 nitrogen and oxygen atoms in total. The van der Waals surface area contributed by atoms with Gasteiger partial charge in [-0.25, -0.2) is 4.79 Å². The Kier molecular flexibility index (Phi) is 9.87. The summed E-state index contributed by atoms with van der Waals surface area (Å²) in [5, 5.41) is 30.7. The van der Waals surface area contributed by atoms with Crippen LogP contribution < -0.4 is 21.3 Å². The minimum atomic E-state index is -1.26. The second-order valence-electron chi connectivity index (χ2n) is 9.86. The Morgan fingerprint density at radius 1 is 0.830 bits per heavy atom. The lowest BCUT2D eigenvalue weighted by molar-refractivity contribution is -0.137.